The summed E-state index contributed by atoms with van der Waals surface area (Å²) in [5.41, 5.74) is 0.823. The Morgan fingerprint density at radius 2 is 0.892 bits per heavy atom. The molecule has 24 heteroatoms. The van der Waals surface area contributed by atoms with Crippen LogP contribution in [0.1, 0.15) is 162 Å². The van der Waals surface area contributed by atoms with Crippen molar-refractivity contribution in [1.29, 1.82) is 0 Å². The van der Waals surface area contributed by atoms with Crippen molar-refractivity contribution >= 4 is 76.7 Å². The lowest BCUT2D eigenvalue weighted by molar-refractivity contribution is -0.157. The lowest BCUT2D eigenvalue weighted by Gasteiger charge is -2.41. The second kappa shape index (κ2) is 38.1. The third-order valence-corrected chi connectivity index (χ3v) is 18.8. The quantitative estimate of drug-likeness (QED) is 0.113. The van der Waals surface area contributed by atoms with Gasteiger partial charge >= 0.3 is 0 Å². The van der Waals surface area contributed by atoms with Crippen molar-refractivity contribution in [3.05, 3.63) is 48.0 Å². The smallest absolute Gasteiger partial charge is 0.256 e. The average molecular weight is 1320 g/mol. The van der Waals surface area contributed by atoms with Crippen molar-refractivity contribution in [1.82, 2.24) is 55.6 Å². The van der Waals surface area contributed by atoms with E-state index in [1.54, 1.807) is 54.5 Å². The van der Waals surface area contributed by atoms with Crippen LogP contribution in [0, 0.1) is 41.4 Å². The number of amides is 11. The van der Waals surface area contributed by atoms with E-state index in [-0.39, 0.29) is 61.5 Å². The van der Waals surface area contributed by atoms with E-state index in [1.807, 2.05) is 91.8 Å². The molecular weight excluding hydrogens is 1210 g/mol. The van der Waals surface area contributed by atoms with Crippen LogP contribution in [0.15, 0.2) is 42.5 Å². The Morgan fingerprint density at radius 3 is 1.35 bits per heavy atom. The monoisotopic (exact) mass is 1320 g/mol. The van der Waals surface area contributed by atoms with Crippen LogP contribution in [0.25, 0.3) is 0 Å². The number of hydrogen-bond acceptors (Lipinski definition) is 13. The molecule has 0 saturated carbocycles. The summed E-state index contributed by atoms with van der Waals surface area (Å²) in [6.07, 6.45) is 2.92. The van der Waals surface area contributed by atoms with E-state index in [1.165, 1.54) is 92.6 Å². The van der Waals surface area contributed by atoms with Crippen molar-refractivity contribution < 1.29 is 57.8 Å². The fourth-order valence-corrected chi connectivity index (χ4v) is 12.8. The zero-order valence-electron chi connectivity index (χ0n) is 60.4. The molecule has 1 aliphatic heterocycles. The molecular formula is C69H117N11O12S. The molecule has 0 bridgehead atoms. The van der Waals surface area contributed by atoms with Crippen molar-refractivity contribution in [2.75, 3.05) is 49.3 Å². The summed E-state index contributed by atoms with van der Waals surface area (Å²) in [4.78, 5) is 173. The van der Waals surface area contributed by atoms with Crippen LogP contribution in [-0.2, 0) is 58.5 Å². The van der Waals surface area contributed by atoms with E-state index in [2.05, 4.69) is 21.3 Å². The molecule has 1 aromatic carbocycles. The van der Waals surface area contributed by atoms with Gasteiger partial charge in [-0.2, -0.15) is 0 Å². The molecule has 2 rings (SSSR count). The molecule has 1 saturated heterocycles. The fourth-order valence-electron chi connectivity index (χ4n) is 11.6. The van der Waals surface area contributed by atoms with Crippen LogP contribution in [0.4, 0.5) is 0 Å². The van der Waals surface area contributed by atoms with Gasteiger partial charge in [0.05, 0.1) is 6.10 Å². The zero-order chi connectivity index (χ0) is 71.4. The number of aliphatic hydroxyl groups excluding tert-OH is 1. The predicted molar refractivity (Wildman–Crippen MR) is 365 cm³/mol. The molecule has 1 aromatic rings. The number of carbonyl (C=O) groups excluding carboxylic acids is 11. The average Bonchev–Trinajstić information content (AvgIpc) is 0.817. The summed E-state index contributed by atoms with van der Waals surface area (Å²) in [6.45, 7) is 30.0. The largest absolute Gasteiger partial charge is 0.390 e. The van der Waals surface area contributed by atoms with Gasteiger partial charge in [-0.1, -0.05) is 139 Å². The number of thioether (sulfide) groups is 1. The first-order valence-corrected chi connectivity index (χ1v) is 34.3. The Balaban J connectivity index is 3.12. The van der Waals surface area contributed by atoms with E-state index in [4.69, 9.17) is 0 Å². The van der Waals surface area contributed by atoms with Gasteiger partial charge in [-0.15, -0.1) is 11.8 Å². The van der Waals surface area contributed by atoms with E-state index in [9.17, 15) is 29.1 Å². The highest BCUT2D eigenvalue weighted by molar-refractivity contribution is 7.99. The van der Waals surface area contributed by atoms with E-state index >= 15 is 28.8 Å². The summed E-state index contributed by atoms with van der Waals surface area (Å²) in [5.74, 6) is -9.70. The van der Waals surface area contributed by atoms with Crippen LogP contribution >= 0.6 is 11.8 Å². The van der Waals surface area contributed by atoms with Gasteiger partial charge in [-0.05, 0) is 106 Å². The minimum absolute atomic E-state index is 0.00880. The summed E-state index contributed by atoms with van der Waals surface area (Å²) >= 11 is 1.12. The topological polar surface area (TPSA) is 279 Å². The van der Waals surface area contributed by atoms with Crippen molar-refractivity contribution in [3.8, 4) is 0 Å². The zero-order valence-corrected chi connectivity index (χ0v) is 61.3. The maximum Gasteiger partial charge on any atom is 0.256 e. The Hall–Kier alpha value is -6.56. The molecule has 13 atom stereocenters. The van der Waals surface area contributed by atoms with Gasteiger partial charge < -0.3 is 60.7 Å². The van der Waals surface area contributed by atoms with Gasteiger partial charge in [0.1, 0.15) is 60.4 Å². The summed E-state index contributed by atoms with van der Waals surface area (Å²) in [7, 11) is 10.0. The number of aliphatic hydroxyl groups is 1. The molecule has 526 valence electrons. The second-order valence-corrected chi connectivity index (χ2v) is 29.0. The summed E-state index contributed by atoms with van der Waals surface area (Å²) in [5, 5.41) is 22.2. The molecule has 93 heavy (non-hydrogen) atoms. The number of benzene rings is 1. The Bertz CT molecular complexity index is 2710. The Kier molecular flexibility index (Phi) is 33.8. The van der Waals surface area contributed by atoms with Gasteiger partial charge in [0.25, 0.3) is 5.91 Å². The first kappa shape index (κ1) is 82.5. The minimum atomic E-state index is -1.64. The number of carbonyl (C=O) groups is 11. The number of nitrogens with one attached hydrogen (secondary N) is 4. The third kappa shape index (κ3) is 23.1. The molecule has 1 fully saturated rings. The molecule has 0 aromatic heterocycles. The molecule has 0 unspecified atom stereocenters. The number of allylic oxidation sites excluding steroid dienone is 2. The van der Waals surface area contributed by atoms with Crippen LogP contribution in [0.3, 0.4) is 0 Å². The fraction of sp³-hybridized carbons (Fsp3) is 0.725. The van der Waals surface area contributed by atoms with Gasteiger partial charge in [0, 0.05) is 55.1 Å². The lowest BCUT2D eigenvalue weighted by Crippen LogP contribution is -2.64. The molecule has 0 aliphatic carbocycles. The summed E-state index contributed by atoms with van der Waals surface area (Å²) < 4.78 is 0. The number of nitrogens with zero attached hydrogens (tertiary/aromatic N) is 7. The molecule has 0 spiro atoms. The maximum atomic E-state index is 15.4. The highest BCUT2D eigenvalue weighted by atomic mass is 32.2. The van der Waals surface area contributed by atoms with Crippen molar-refractivity contribution in [2.45, 2.75) is 234 Å². The van der Waals surface area contributed by atoms with E-state index in [0.717, 1.165) is 22.2 Å². The molecule has 11 amide bonds. The van der Waals surface area contributed by atoms with Gasteiger partial charge in [-0.25, -0.2) is 0 Å². The van der Waals surface area contributed by atoms with E-state index < -0.39 is 155 Å². The first-order valence-electron chi connectivity index (χ1n) is 33.2. The van der Waals surface area contributed by atoms with Gasteiger partial charge in [0.15, 0.2) is 5.37 Å². The predicted octanol–water partition coefficient (Wildman–Crippen LogP) is 5.53. The third-order valence-electron chi connectivity index (χ3n) is 17.4. The van der Waals surface area contributed by atoms with Gasteiger partial charge in [-0.3, -0.25) is 52.7 Å². The normalized spacial score (nSPS) is 26.4. The highest BCUT2D eigenvalue weighted by Gasteiger charge is 2.46. The second-order valence-electron chi connectivity index (χ2n) is 27.9. The van der Waals surface area contributed by atoms with E-state index in [0.29, 0.717) is 6.42 Å². The Labute approximate surface area is 560 Å². The maximum absolute atomic E-state index is 15.4. The molecule has 1 heterocycles. The van der Waals surface area contributed by atoms with Crippen LogP contribution in [-0.4, -0.2) is 226 Å². The van der Waals surface area contributed by atoms with Gasteiger partial charge in [0.2, 0.25) is 59.1 Å². The lowest BCUT2D eigenvalue weighted by atomic mass is 9.91. The van der Waals surface area contributed by atoms with Crippen molar-refractivity contribution in [3.63, 3.8) is 0 Å². The number of rotatable bonds is 18. The SMILES string of the molecule is C/C=C/C[C@@H](C)[C@@H](O)[C@H]1C(=O)N[C@@H](CC)C(=O)N(C)[C@H](SCc2ccccc2)C(=O)N(C)[C@@H](CC(C)C)C(=O)N[C@@H](C(C)C)C(=O)N(C)[C@@H](CC(C)C)C(=O)N[C@@H](C)C(=O)N[C@H](C)C(=O)N(C)[C@@H](CC(C)C)C(=O)N(C)[C@@H](CC(C)C)C(=O)N(C)[C@@H](C(C)C)C(=O)N1C. The standard InChI is InChI=1S/C69H117N11O12S/c1-25-27-31-45(15)57(81)56-61(85)72-49(26-2)63(87)80(24)69(93-38-48-32-29-28-30-33-48)68(92)75(19)51(35-40(5)6)60(84)73-54(43(11)12)66(90)74(18)50(34-39(3)4)59(83)70-46(16)58(82)71-47(17)62(86)76(20)52(36-41(7)8)64(88)77(21)53(37-42(9)10)65(89)78(22)55(44(13)14)67(91)79(56)23/h25,27-30,32-33,39-47,49-57,69,81H,26,31,34-38H2,1-24H3,(H,70,83)(H,71,82)(H,72,85)(H,73,84)/b27-25+/t45-,46+,47-,49+,50+,51+,52+,53+,54+,55+,56+,57-,69-/m1/s1. The summed E-state index contributed by atoms with van der Waals surface area (Å²) in [6, 6.07) is -3.36. The Morgan fingerprint density at radius 1 is 0.462 bits per heavy atom. The number of hydrogen-bond donors (Lipinski definition) is 5. The number of likely N-dealkylation sites (N-methyl/N-ethyl adjacent to an activating group) is 7. The van der Waals surface area contributed by atoms with Crippen LogP contribution in [0.2, 0.25) is 0 Å². The molecule has 5 N–H and O–H groups in total. The van der Waals surface area contributed by atoms with Crippen LogP contribution < -0.4 is 21.3 Å². The molecule has 0 radical (unpaired) electrons. The van der Waals surface area contributed by atoms with Crippen molar-refractivity contribution in [2.24, 2.45) is 41.4 Å². The molecule has 23 nitrogen and oxygen atoms in total. The van der Waals surface area contributed by atoms with Crippen LogP contribution in [0.5, 0.6) is 0 Å². The molecule has 1 aliphatic rings. The minimum Gasteiger partial charge on any atom is -0.390 e. The highest BCUT2D eigenvalue weighted by Crippen LogP contribution is 2.28. The first-order chi connectivity index (χ1) is 43.2.